The molecule has 0 heterocycles. The molecule has 0 aliphatic rings. The fourth-order valence-electron chi connectivity index (χ4n) is 0. The van der Waals surface area contributed by atoms with Crippen LogP contribution >= 0.6 is 0 Å². The van der Waals surface area contributed by atoms with Gasteiger partial charge in [-0.1, -0.05) is 0 Å². The van der Waals surface area contributed by atoms with Crippen molar-refractivity contribution >= 4 is 44.2 Å². The van der Waals surface area contributed by atoms with Crippen LogP contribution in [0.4, 0.5) is 0 Å². The summed E-state index contributed by atoms with van der Waals surface area (Å²) in [5, 5.41) is 0. The summed E-state index contributed by atoms with van der Waals surface area (Å²) in [4.78, 5) is 8.95. The molecule has 28 valence electrons. The van der Waals surface area contributed by atoms with E-state index in [1.165, 1.54) is 7.11 Å². The minimum atomic E-state index is 0. The van der Waals surface area contributed by atoms with Gasteiger partial charge in [0.1, 0.15) is 0 Å². The first-order chi connectivity index (χ1) is 1.91. The maximum absolute atomic E-state index is 8.95. The van der Waals surface area contributed by atoms with Crippen molar-refractivity contribution in [1.29, 1.82) is 0 Å². The summed E-state index contributed by atoms with van der Waals surface area (Å²) >= 11 is 0. The Labute approximate surface area is 60.5 Å². The van der Waals surface area contributed by atoms with Crippen LogP contribution in [0.1, 0.15) is 0 Å². The van der Waals surface area contributed by atoms with Crippen LogP contribution in [0.3, 0.4) is 0 Å². The van der Waals surface area contributed by atoms with Crippen molar-refractivity contribution in [3.05, 3.63) is 0 Å². The number of rotatable bonds is 1. The van der Waals surface area contributed by atoms with Gasteiger partial charge >= 0.3 is 37.7 Å². The predicted octanol–water partition coefficient (Wildman–Crippen LogP) is -1.13. The topological polar surface area (TPSA) is 26.3 Å². The Morgan fingerprint density at radius 3 is 2.00 bits per heavy atom. The zero-order valence-electron chi connectivity index (χ0n) is 2.39. The summed E-state index contributed by atoms with van der Waals surface area (Å²) in [7, 11) is 1.31. The van der Waals surface area contributed by atoms with Crippen LogP contribution in [0.15, 0.2) is 0 Å². The van der Waals surface area contributed by atoms with Gasteiger partial charge in [0.25, 0.3) is 6.47 Å². The normalized spacial score (nSPS) is 4.20. The van der Waals surface area contributed by atoms with Gasteiger partial charge in [0, 0.05) is 0 Å². The molecule has 5 heavy (non-hydrogen) atoms. The SMILES string of the molecule is COC=O.[CaH2]. The zero-order chi connectivity index (χ0) is 3.41. The quantitative estimate of drug-likeness (QED) is 0.309. The summed E-state index contributed by atoms with van der Waals surface area (Å²) < 4.78 is 3.86. The van der Waals surface area contributed by atoms with E-state index in [0.29, 0.717) is 6.47 Å². The van der Waals surface area contributed by atoms with Crippen molar-refractivity contribution in [2.24, 2.45) is 0 Å². The van der Waals surface area contributed by atoms with Crippen LogP contribution < -0.4 is 0 Å². The molecule has 0 amide bonds. The van der Waals surface area contributed by atoms with Gasteiger partial charge in [-0.25, -0.2) is 0 Å². The van der Waals surface area contributed by atoms with Crippen molar-refractivity contribution in [3.8, 4) is 0 Å². The minimum absolute atomic E-state index is 0. The van der Waals surface area contributed by atoms with E-state index in [1.807, 2.05) is 0 Å². The van der Waals surface area contributed by atoms with Gasteiger partial charge in [0.15, 0.2) is 0 Å². The molecule has 0 fully saturated rings. The van der Waals surface area contributed by atoms with Gasteiger partial charge in [0.2, 0.25) is 0 Å². The summed E-state index contributed by atoms with van der Waals surface area (Å²) in [6, 6.07) is 0. The van der Waals surface area contributed by atoms with Crippen LogP contribution in [-0.4, -0.2) is 51.3 Å². The molecule has 0 aromatic carbocycles. The van der Waals surface area contributed by atoms with Gasteiger partial charge < -0.3 is 4.74 Å². The summed E-state index contributed by atoms with van der Waals surface area (Å²) in [6.45, 7) is 0.375. The molecule has 0 bridgehead atoms. The molecule has 0 rings (SSSR count). The molecule has 0 unspecified atom stereocenters. The van der Waals surface area contributed by atoms with Crippen molar-refractivity contribution < 1.29 is 9.53 Å². The Morgan fingerprint density at radius 1 is 1.80 bits per heavy atom. The number of hydrogen-bond donors (Lipinski definition) is 0. The van der Waals surface area contributed by atoms with Crippen LogP contribution in [0.25, 0.3) is 0 Å². The van der Waals surface area contributed by atoms with Gasteiger partial charge in [-0.05, 0) is 0 Å². The fraction of sp³-hybridized carbons (Fsp3) is 0.500. The molecule has 0 aliphatic heterocycles. The van der Waals surface area contributed by atoms with Crippen molar-refractivity contribution in [3.63, 3.8) is 0 Å². The molecule has 0 saturated heterocycles. The Hall–Kier alpha value is 0.730. The van der Waals surface area contributed by atoms with Crippen LogP contribution in [-0.2, 0) is 9.53 Å². The second-order valence-corrected chi connectivity index (χ2v) is 0.332. The molecule has 0 saturated carbocycles. The van der Waals surface area contributed by atoms with Crippen LogP contribution in [0.5, 0.6) is 0 Å². The zero-order valence-corrected chi connectivity index (χ0v) is 2.39. The summed E-state index contributed by atoms with van der Waals surface area (Å²) in [6.07, 6.45) is 0. The number of methoxy groups -OCH3 is 1. The Morgan fingerprint density at radius 2 is 2.00 bits per heavy atom. The molecule has 0 aromatic rings. The van der Waals surface area contributed by atoms with E-state index in [1.54, 1.807) is 0 Å². The number of carbonyl (C=O) groups is 1. The summed E-state index contributed by atoms with van der Waals surface area (Å²) in [5.41, 5.74) is 0. The van der Waals surface area contributed by atoms with E-state index in [4.69, 9.17) is 4.79 Å². The molecule has 0 N–H and O–H groups in total. The first kappa shape index (κ1) is 9.21. The first-order valence-electron chi connectivity index (χ1n) is 0.880. The van der Waals surface area contributed by atoms with Gasteiger partial charge in [-0.15, -0.1) is 0 Å². The van der Waals surface area contributed by atoms with E-state index >= 15 is 0 Å². The van der Waals surface area contributed by atoms with Crippen LogP contribution in [0, 0.1) is 0 Å². The molecule has 0 atom stereocenters. The first-order valence-corrected chi connectivity index (χ1v) is 0.880. The van der Waals surface area contributed by atoms with E-state index in [9.17, 15) is 0 Å². The van der Waals surface area contributed by atoms with Gasteiger partial charge in [-0.3, -0.25) is 4.79 Å². The fourth-order valence-corrected chi connectivity index (χ4v) is 0. The van der Waals surface area contributed by atoms with E-state index in [2.05, 4.69) is 4.74 Å². The molecule has 2 nitrogen and oxygen atoms in total. The molecular weight excluding hydrogens is 96.1 g/mol. The van der Waals surface area contributed by atoms with Gasteiger partial charge in [-0.2, -0.15) is 0 Å². The summed E-state index contributed by atoms with van der Waals surface area (Å²) in [5.74, 6) is 0. The van der Waals surface area contributed by atoms with Crippen LogP contribution in [0.2, 0.25) is 0 Å². The monoisotopic (exact) mass is 102 g/mol. The van der Waals surface area contributed by atoms with Gasteiger partial charge in [0.05, 0.1) is 7.11 Å². The van der Waals surface area contributed by atoms with E-state index in [0.717, 1.165) is 0 Å². The average Bonchev–Trinajstić information content (AvgIpc) is 1.37. The molecule has 0 aromatic heterocycles. The Bertz CT molecular complexity index is 21.6. The Balaban J connectivity index is 0. The van der Waals surface area contributed by atoms with Crippen molar-refractivity contribution in [2.75, 3.05) is 7.11 Å². The third kappa shape index (κ3) is 11.8. The second-order valence-electron chi connectivity index (χ2n) is 0.332. The van der Waals surface area contributed by atoms with Crippen molar-refractivity contribution in [1.82, 2.24) is 0 Å². The van der Waals surface area contributed by atoms with Crippen molar-refractivity contribution in [2.45, 2.75) is 0 Å². The number of ether oxygens (including phenoxy) is 1. The number of hydrogen-bond acceptors (Lipinski definition) is 2. The molecule has 0 aliphatic carbocycles. The molecule has 0 spiro atoms. The Kier molecular flexibility index (Phi) is 16.3. The molecule has 3 heteroatoms. The predicted molar refractivity (Wildman–Crippen MR) is 21.6 cm³/mol. The molecule has 0 radical (unpaired) electrons. The average molecular weight is 102 g/mol. The second kappa shape index (κ2) is 8.83. The van der Waals surface area contributed by atoms with E-state index < -0.39 is 0 Å². The number of carbonyl (C=O) groups excluding carboxylic acids is 1. The standard InChI is InChI=1S/C2H4O2.Ca.2H/c1-4-2-3;;;/h2H,1H3;;;. The third-order valence-electron chi connectivity index (χ3n) is 0.0962. The maximum atomic E-state index is 8.95. The van der Waals surface area contributed by atoms with E-state index in [-0.39, 0.29) is 37.7 Å². The third-order valence-corrected chi connectivity index (χ3v) is 0.0962. The molecular formula is C2H6CaO2.